The molecule has 0 atom stereocenters. The first-order chi connectivity index (χ1) is 8.95. The third kappa shape index (κ3) is 3.15. The maximum atomic E-state index is 13.3. The van der Waals surface area contributed by atoms with Gasteiger partial charge in [0.15, 0.2) is 5.82 Å². The Morgan fingerprint density at radius 3 is 2.63 bits per heavy atom. The summed E-state index contributed by atoms with van der Waals surface area (Å²) in [5.41, 5.74) is 7.05. The number of benzene rings is 1. The monoisotopic (exact) mass is 262 g/mol. The second-order valence-electron chi connectivity index (χ2n) is 4.43. The van der Waals surface area contributed by atoms with Gasteiger partial charge in [0.05, 0.1) is 6.10 Å². The van der Waals surface area contributed by atoms with Crippen LogP contribution >= 0.6 is 0 Å². The van der Waals surface area contributed by atoms with Gasteiger partial charge in [0.1, 0.15) is 5.82 Å². The van der Waals surface area contributed by atoms with Gasteiger partial charge in [-0.15, -0.1) is 0 Å². The van der Waals surface area contributed by atoms with Gasteiger partial charge in [0, 0.05) is 5.56 Å². The molecule has 0 unspecified atom stereocenters. The second kappa shape index (κ2) is 5.17. The first kappa shape index (κ1) is 13.2. The van der Waals surface area contributed by atoms with Gasteiger partial charge in [-0.25, -0.2) is 4.39 Å². The van der Waals surface area contributed by atoms with Crippen LogP contribution in [0.4, 0.5) is 10.3 Å². The van der Waals surface area contributed by atoms with Gasteiger partial charge < -0.3 is 10.5 Å². The molecule has 1 heterocycles. The van der Waals surface area contributed by atoms with E-state index in [-0.39, 0.29) is 23.9 Å². The van der Waals surface area contributed by atoms with Crippen LogP contribution in [0.5, 0.6) is 6.01 Å². The molecule has 100 valence electrons. The van der Waals surface area contributed by atoms with Crippen molar-refractivity contribution in [3.8, 4) is 17.4 Å². The molecule has 0 saturated carbocycles. The Hall–Kier alpha value is -2.24. The number of aryl methyl sites for hydroxylation is 1. The van der Waals surface area contributed by atoms with Crippen molar-refractivity contribution in [1.82, 2.24) is 15.0 Å². The third-order valence-electron chi connectivity index (χ3n) is 2.41. The van der Waals surface area contributed by atoms with E-state index in [1.807, 2.05) is 20.8 Å². The molecule has 0 spiro atoms. The molecule has 0 saturated heterocycles. The van der Waals surface area contributed by atoms with Gasteiger partial charge in [-0.1, -0.05) is 6.07 Å². The van der Waals surface area contributed by atoms with Crippen molar-refractivity contribution in [3.63, 3.8) is 0 Å². The first-order valence-corrected chi connectivity index (χ1v) is 5.90. The molecule has 0 radical (unpaired) electrons. The van der Waals surface area contributed by atoms with Crippen molar-refractivity contribution in [2.24, 2.45) is 0 Å². The minimum absolute atomic E-state index is 0.0457. The maximum Gasteiger partial charge on any atom is 0.322 e. The Morgan fingerprint density at radius 2 is 1.95 bits per heavy atom. The zero-order valence-corrected chi connectivity index (χ0v) is 11.0. The number of ether oxygens (including phenoxy) is 1. The van der Waals surface area contributed by atoms with Gasteiger partial charge in [-0.05, 0) is 38.5 Å². The molecule has 0 bridgehead atoms. The molecule has 0 aliphatic carbocycles. The molecule has 0 aliphatic rings. The van der Waals surface area contributed by atoms with Crippen molar-refractivity contribution in [2.45, 2.75) is 26.9 Å². The van der Waals surface area contributed by atoms with Gasteiger partial charge in [0.25, 0.3) is 0 Å². The van der Waals surface area contributed by atoms with E-state index in [4.69, 9.17) is 10.5 Å². The van der Waals surface area contributed by atoms with Crippen molar-refractivity contribution in [3.05, 3.63) is 29.6 Å². The lowest BCUT2D eigenvalue weighted by molar-refractivity contribution is 0.222. The molecule has 0 fully saturated rings. The lowest BCUT2D eigenvalue weighted by Gasteiger charge is -2.10. The maximum absolute atomic E-state index is 13.3. The molecular weight excluding hydrogens is 247 g/mol. The largest absolute Gasteiger partial charge is 0.461 e. The topological polar surface area (TPSA) is 73.9 Å². The Labute approximate surface area is 110 Å². The standard InChI is InChI=1S/C13H15FN4O/c1-7(2)19-13-17-11(16-12(15)18-13)10-6-9(14)5-4-8(10)3/h4-7H,1-3H3,(H2,15,16,17,18). The van der Waals surface area contributed by atoms with E-state index in [1.165, 1.54) is 12.1 Å². The van der Waals surface area contributed by atoms with E-state index in [0.29, 0.717) is 11.4 Å². The number of nitrogens with zero attached hydrogens (tertiary/aromatic N) is 3. The summed E-state index contributed by atoms with van der Waals surface area (Å²) in [7, 11) is 0. The van der Waals surface area contributed by atoms with E-state index < -0.39 is 0 Å². The summed E-state index contributed by atoms with van der Waals surface area (Å²) in [4.78, 5) is 12.1. The molecule has 6 heteroatoms. The Kier molecular flexibility index (Phi) is 3.59. The fourth-order valence-electron chi connectivity index (χ4n) is 1.59. The van der Waals surface area contributed by atoms with Gasteiger partial charge in [0.2, 0.25) is 5.95 Å². The molecule has 0 amide bonds. The van der Waals surface area contributed by atoms with E-state index in [0.717, 1.165) is 5.56 Å². The molecule has 5 nitrogen and oxygen atoms in total. The number of hydrogen-bond donors (Lipinski definition) is 1. The number of anilines is 1. The van der Waals surface area contributed by atoms with E-state index in [1.54, 1.807) is 6.07 Å². The molecule has 2 rings (SSSR count). The smallest absolute Gasteiger partial charge is 0.322 e. The van der Waals surface area contributed by atoms with Gasteiger partial charge in [-0.2, -0.15) is 15.0 Å². The third-order valence-corrected chi connectivity index (χ3v) is 2.41. The van der Waals surface area contributed by atoms with E-state index >= 15 is 0 Å². The lowest BCUT2D eigenvalue weighted by Crippen LogP contribution is -2.11. The van der Waals surface area contributed by atoms with Crippen LogP contribution in [0.1, 0.15) is 19.4 Å². The molecule has 2 aromatic rings. The predicted molar refractivity (Wildman–Crippen MR) is 70.1 cm³/mol. The number of halogens is 1. The number of nitrogen functional groups attached to an aromatic ring is 1. The van der Waals surface area contributed by atoms with Crippen LogP contribution in [0, 0.1) is 12.7 Å². The zero-order valence-electron chi connectivity index (χ0n) is 11.0. The van der Waals surface area contributed by atoms with Crippen molar-refractivity contribution < 1.29 is 9.13 Å². The summed E-state index contributed by atoms with van der Waals surface area (Å²) in [5.74, 6) is -0.00428. The average molecular weight is 262 g/mol. The Bertz CT molecular complexity index is 601. The number of rotatable bonds is 3. The SMILES string of the molecule is Cc1ccc(F)cc1-c1nc(N)nc(OC(C)C)n1. The summed E-state index contributed by atoms with van der Waals surface area (Å²) < 4.78 is 18.7. The quantitative estimate of drug-likeness (QED) is 0.919. The Balaban J connectivity index is 2.49. The van der Waals surface area contributed by atoms with Gasteiger partial charge >= 0.3 is 6.01 Å². The van der Waals surface area contributed by atoms with Crippen molar-refractivity contribution in [2.75, 3.05) is 5.73 Å². The van der Waals surface area contributed by atoms with Gasteiger partial charge in [-0.3, -0.25) is 0 Å². The zero-order chi connectivity index (χ0) is 14.0. The van der Waals surface area contributed by atoms with Crippen molar-refractivity contribution in [1.29, 1.82) is 0 Å². The van der Waals surface area contributed by atoms with Crippen LogP contribution in [0.15, 0.2) is 18.2 Å². The highest BCUT2D eigenvalue weighted by Crippen LogP contribution is 2.23. The lowest BCUT2D eigenvalue weighted by atomic mass is 10.1. The fraction of sp³-hybridized carbons (Fsp3) is 0.308. The molecule has 1 aromatic heterocycles. The molecular formula is C13H15FN4O. The van der Waals surface area contributed by atoms with Crippen LogP contribution in [-0.2, 0) is 0 Å². The minimum atomic E-state index is -0.356. The highest BCUT2D eigenvalue weighted by Gasteiger charge is 2.11. The summed E-state index contributed by atoms with van der Waals surface area (Å²) in [5, 5.41) is 0. The molecule has 0 aliphatic heterocycles. The number of aromatic nitrogens is 3. The first-order valence-electron chi connectivity index (χ1n) is 5.90. The van der Waals surface area contributed by atoms with Crippen molar-refractivity contribution >= 4 is 5.95 Å². The molecule has 2 N–H and O–H groups in total. The van der Waals surface area contributed by atoms with Crippen LogP contribution in [0.25, 0.3) is 11.4 Å². The summed E-state index contributed by atoms with van der Waals surface area (Å²) in [6, 6.07) is 4.55. The summed E-state index contributed by atoms with van der Waals surface area (Å²) in [6.07, 6.45) is -0.0803. The summed E-state index contributed by atoms with van der Waals surface area (Å²) >= 11 is 0. The Morgan fingerprint density at radius 1 is 1.21 bits per heavy atom. The van der Waals surface area contributed by atoms with Crippen LogP contribution < -0.4 is 10.5 Å². The van der Waals surface area contributed by atoms with Crippen LogP contribution in [0.2, 0.25) is 0 Å². The average Bonchev–Trinajstić information content (AvgIpc) is 2.30. The summed E-state index contributed by atoms with van der Waals surface area (Å²) in [6.45, 7) is 5.55. The highest BCUT2D eigenvalue weighted by atomic mass is 19.1. The van der Waals surface area contributed by atoms with Crippen LogP contribution in [-0.4, -0.2) is 21.1 Å². The van der Waals surface area contributed by atoms with E-state index in [2.05, 4.69) is 15.0 Å². The molecule has 1 aromatic carbocycles. The minimum Gasteiger partial charge on any atom is -0.461 e. The fourth-order valence-corrected chi connectivity index (χ4v) is 1.59. The predicted octanol–water partition coefficient (Wildman–Crippen LogP) is 2.36. The normalized spacial score (nSPS) is 10.8. The van der Waals surface area contributed by atoms with Crippen LogP contribution in [0.3, 0.4) is 0 Å². The second-order valence-corrected chi connectivity index (χ2v) is 4.43. The van der Waals surface area contributed by atoms with E-state index in [9.17, 15) is 4.39 Å². The highest BCUT2D eigenvalue weighted by molar-refractivity contribution is 5.60. The number of nitrogens with two attached hydrogens (primary N) is 1. The number of hydrogen-bond acceptors (Lipinski definition) is 5. The molecule has 19 heavy (non-hydrogen) atoms.